The topological polar surface area (TPSA) is 54.9 Å². The summed E-state index contributed by atoms with van der Waals surface area (Å²) in [5, 5.41) is 12.8. The molecule has 0 unspecified atom stereocenters. The Hall–Kier alpha value is -1.75. The minimum atomic E-state index is -0.0330. The van der Waals surface area contributed by atoms with Gasteiger partial charge in [-0.15, -0.1) is 21.5 Å². The molecule has 5 heteroatoms. The lowest BCUT2D eigenvalue weighted by Crippen LogP contribution is -2.26. The van der Waals surface area contributed by atoms with Crippen LogP contribution in [0.5, 0.6) is 0 Å². The summed E-state index contributed by atoms with van der Waals surface area (Å²) in [6.07, 6.45) is 0.725. The molecule has 0 aliphatic carbocycles. The average Bonchev–Trinajstić information content (AvgIpc) is 2.75. The number of amides is 1. The smallest absolute Gasteiger partial charge is 0.251 e. The highest BCUT2D eigenvalue weighted by Crippen LogP contribution is 2.09. The number of hydrogen-bond donors (Lipinski definition) is 1. The van der Waals surface area contributed by atoms with E-state index in [1.165, 1.54) is 0 Å². The van der Waals surface area contributed by atoms with Crippen LogP contribution >= 0.6 is 11.3 Å². The number of benzene rings is 1. The van der Waals surface area contributed by atoms with Crippen molar-refractivity contribution in [2.75, 3.05) is 6.54 Å². The molecule has 2 aromatic rings. The highest BCUT2D eigenvalue weighted by Gasteiger charge is 2.07. The monoisotopic (exact) mass is 261 g/mol. The molecule has 0 aliphatic rings. The number of carbonyl (C=O) groups excluding carboxylic acids is 1. The number of rotatable bonds is 4. The summed E-state index contributed by atoms with van der Waals surface area (Å²) in [6.45, 7) is 4.44. The van der Waals surface area contributed by atoms with Gasteiger partial charge in [-0.3, -0.25) is 4.79 Å². The Labute approximate surface area is 110 Å². The van der Waals surface area contributed by atoms with Crippen molar-refractivity contribution in [3.8, 4) is 0 Å². The van der Waals surface area contributed by atoms with Crippen LogP contribution in [0, 0.1) is 13.8 Å². The lowest BCUT2D eigenvalue weighted by molar-refractivity contribution is 0.0953. The van der Waals surface area contributed by atoms with Crippen molar-refractivity contribution in [1.29, 1.82) is 0 Å². The van der Waals surface area contributed by atoms with E-state index in [9.17, 15) is 4.79 Å². The number of carbonyl (C=O) groups is 1. The van der Waals surface area contributed by atoms with E-state index in [1.54, 1.807) is 11.3 Å². The standard InChI is InChI=1S/C13H15N3OS/c1-9-5-3-4-6-11(9)13(17)14-8-7-12-16-15-10(2)18-12/h3-6H,7-8H2,1-2H3,(H,14,17). The quantitative estimate of drug-likeness (QED) is 0.917. The molecule has 1 amide bonds. The lowest BCUT2D eigenvalue weighted by atomic mass is 10.1. The molecule has 1 heterocycles. The highest BCUT2D eigenvalue weighted by molar-refractivity contribution is 7.11. The van der Waals surface area contributed by atoms with E-state index < -0.39 is 0 Å². The predicted octanol–water partition coefficient (Wildman–Crippen LogP) is 2.13. The van der Waals surface area contributed by atoms with Crippen LogP contribution in [-0.2, 0) is 6.42 Å². The molecule has 2 rings (SSSR count). The van der Waals surface area contributed by atoms with Gasteiger partial charge in [0.25, 0.3) is 5.91 Å². The normalized spacial score (nSPS) is 10.3. The molecule has 0 spiro atoms. The van der Waals surface area contributed by atoms with Gasteiger partial charge in [-0.1, -0.05) is 18.2 Å². The van der Waals surface area contributed by atoms with Gasteiger partial charge >= 0.3 is 0 Å². The molecule has 0 fully saturated rings. The first-order valence-corrected chi connectivity index (χ1v) is 6.61. The van der Waals surface area contributed by atoms with Gasteiger partial charge in [0.2, 0.25) is 0 Å². The van der Waals surface area contributed by atoms with E-state index >= 15 is 0 Å². The van der Waals surface area contributed by atoms with Gasteiger partial charge in [0.05, 0.1) is 0 Å². The van der Waals surface area contributed by atoms with E-state index in [2.05, 4.69) is 15.5 Å². The van der Waals surface area contributed by atoms with Gasteiger partial charge in [-0.25, -0.2) is 0 Å². The first kappa shape index (κ1) is 12.7. The molecule has 0 radical (unpaired) electrons. The molecular weight excluding hydrogens is 246 g/mol. The summed E-state index contributed by atoms with van der Waals surface area (Å²) in [5.74, 6) is -0.0330. The van der Waals surface area contributed by atoms with E-state index in [0.29, 0.717) is 6.54 Å². The van der Waals surface area contributed by atoms with Crippen molar-refractivity contribution in [2.24, 2.45) is 0 Å². The maximum absolute atomic E-state index is 11.9. The lowest BCUT2D eigenvalue weighted by Gasteiger charge is -2.06. The second-order valence-electron chi connectivity index (χ2n) is 4.04. The van der Waals surface area contributed by atoms with Gasteiger partial charge in [-0.2, -0.15) is 0 Å². The Morgan fingerprint density at radius 3 is 2.72 bits per heavy atom. The highest BCUT2D eigenvalue weighted by atomic mass is 32.1. The third-order valence-electron chi connectivity index (χ3n) is 2.58. The predicted molar refractivity (Wildman–Crippen MR) is 71.9 cm³/mol. The van der Waals surface area contributed by atoms with Gasteiger partial charge in [0, 0.05) is 18.5 Å². The van der Waals surface area contributed by atoms with Crippen molar-refractivity contribution in [2.45, 2.75) is 20.3 Å². The van der Waals surface area contributed by atoms with Crippen molar-refractivity contribution in [1.82, 2.24) is 15.5 Å². The maximum atomic E-state index is 11.9. The zero-order valence-electron chi connectivity index (χ0n) is 10.4. The first-order valence-electron chi connectivity index (χ1n) is 5.79. The van der Waals surface area contributed by atoms with Crippen molar-refractivity contribution >= 4 is 17.2 Å². The van der Waals surface area contributed by atoms with Gasteiger partial charge in [0.1, 0.15) is 10.0 Å². The van der Waals surface area contributed by atoms with Crippen molar-refractivity contribution < 1.29 is 4.79 Å². The van der Waals surface area contributed by atoms with Crippen LogP contribution in [0.15, 0.2) is 24.3 Å². The third kappa shape index (κ3) is 3.13. The Bertz CT molecular complexity index is 551. The first-order chi connectivity index (χ1) is 8.66. The zero-order chi connectivity index (χ0) is 13.0. The Morgan fingerprint density at radius 2 is 2.06 bits per heavy atom. The molecule has 0 saturated carbocycles. The molecule has 0 saturated heterocycles. The molecule has 94 valence electrons. The number of nitrogens with zero attached hydrogens (tertiary/aromatic N) is 2. The molecule has 18 heavy (non-hydrogen) atoms. The van der Waals surface area contributed by atoms with E-state index in [1.807, 2.05) is 38.1 Å². The van der Waals surface area contributed by atoms with Crippen LogP contribution in [0.25, 0.3) is 0 Å². The fourth-order valence-electron chi connectivity index (χ4n) is 1.64. The molecule has 0 atom stereocenters. The van der Waals surface area contributed by atoms with E-state index in [4.69, 9.17) is 0 Å². The Morgan fingerprint density at radius 1 is 1.28 bits per heavy atom. The van der Waals surface area contributed by atoms with Crippen molar-refractivity contribution in [3.63, 3.8) is 0 Å². The second-order valence-corrected chi connectivity index (χ2v) is 5.30. The Balaban J connectivity index is 1.87. The van der Waals surface area contributed by atoms with Crippen LogP contribution < -0.4 is 5.32 Å². The zero-order valence-corrected chi connectivity index (χ0v) is 11.3. The number of nitrogens with one attached hydrogen (secondary N) is 1. The van der Waals surface area contributed by atoms with E-state index in [-0.39, 0.29) is 5.91 Å². The van der Waals surface area contributed by atoms with Crippen LogP contribution in [0.4, 0.5) is 0 Å². The summed E-state index contributed by atoms with van der Waals surface area (Å²) >= 11 is 1.56. The summed E-state index contributed by atoms with van der Waals surface area (Å²) in [6, 6.07) is 7.56. The molecular formula is C13H15N3OS. The van der Waals surface area contributed by atoms with E-state index in [0.717, 1.165) is 27.6 Å². The van der Waals surface area contributed by atoms with Crippen LogP contribution in [0.3, 0.4) is 0 Å². The average molecular weight is 261 g/mol. The van der Waals surface area contributed by atoms with Crippen LogP contribution in [0.2, 0.25) is 0 Å². The minimum absolute atomic E-state index is 0.0330. The Kier molecular flexibility index (Phi) is 4.04. The maximum Gasteiger partial charge on any atom is 0.251 e. The third-order valence-corrected chi connectivity index (χ3v) is 3.48. The number of hydrogen-bond acceptors (Lipinski definition) is 4. The summed E-state index contributed by atoms with van der Waals surface area (Å²) in [4.78, 5) is 11.9. The van der Waals surface area contributed by atoms with Gasteiger partial charge in [0.15, 0.2) is 0 Å². The molecule has 0 bridgehead atoms. The molecule has 1 aromatic carbocycles. The summed E-state index contributed by atoms with van der Waals surface area (Å²) in [7, 11) is 0. The summed E-state index contributed by atoms with van der Waals surface area (Å²) < 4.78 is 0. The van der Waals surface area contributed by atoms with Crippen LogP contribution in [0.1, 0.15) is 25.9 Å². The molecule has 4 nitrogen and oxygen atoms in total. The van der Waals surface area contributed by atoms with Gasteiger partial charge in [-0.05, 0) is 25.5 Å². The number of aryl methyl sites for hydroxylation is 2. The minimum Gasteiger partial charge on any atom is -0.352 e. The second kappa shape index (κ2) is 5.73. The van der Waals surface area contributed by atoms with Crippen molar-refractivity contribution in [3.05, 3.63) is 45.4 Å². The van der Waals surface area contributed by atoms with Gasteiger partial charge < -0.3 is 5.32 Å². The fraction of sp³-hybridized carbons (Fsp3) is 0.308. The molecule has 0 aliphatic heterocycles. The SMILES string of the molecule is Cc1nnc(CCNC(=O)c2ccccc2C)s1. The number of aromatic nitrogens is 2. The van der Waals surface area contributed by atoms with Crippen LogP contribution in [-0.4, -0.2) is 22.6 Å². The molecule has 1 aromatic heterocycles. The molecule has 1 N–H and O–H groups in total. The largest absolute Gasteiger partial charge is 0.352 e. The summed E-state index contributed by atoms with van der Waals surface area (Å²) in [5.41, 5.74) is 1.72. The fourth-order valence-corrected chi connectivity index (χ4v) is 2.35.